The summed E-state index contributed by atoms with van der Waals surface area (Å²) in [5.41, 5.74) is -0.492. The summed E-state index contributed by atoms with van der Waals surface area (Å²) in [6, 6.07) is 0.448. The van der Waals surface area contributed by atoms with Crippen LogP contribution in [0.25, 0.3) is 0 Å². The van der Waals surface area contributed by atoms with Crippen LogP contribution in [-0.4, -0.2) is 70.8 Å². The molecule has 0 radical (unpaired) electrons. The van der Waals surface area contributed by atoms with Crippen molar-refractivity contribution in [3.8, 4) is 0 Å². The zero-order valence-corrected chi connectivity index (χ0v) is 18.1. The number of rotatable bonds is 3. The van der Waals surface area contributed by atoms with E-state index in [9.17, 15) is 4.79 Å². The average Bonchev–Trinajstić information content (AvgIpc) is 2.66. The molecule has 0 bridgehead atoms. The van der Waals surface area contributed by atoms with Crippen LogP contribution in [0.1, 0.15) is 52.9 Å². The van der Waals surface area contributed by atoms with E-state index in [1.165, 1.54) is 19.3 Å². The summed E-state index contributed by atoms with van der Waals surface area (Å²) in [5.74, 6) is 1.19. The summed E-state index contributed by atoms with van der Waals surface area (Å²) in [6.45, 7) is 8.01. The molecule has 1 saturated heterocycles. The Balaban J connectivity index is 1.64. The number of carbonyl (C=O) groups is 1. The first-order chi connectivity index (χ1) is 13.2. The van der Waals surface area contributed by atoms with Gasteiger partial charge in [-0.3, -0.25) is 0 Å². The van der Waals surface area contributed by atoms with E-state index in [0.29, 0.717) is 44.1 Å². The standard InChI is InChI=1S/C19H31ClN6O2/c1-19(2,3)28-18(27)26-12-10-25(11-13-26)17-22-15(20)21-16(23-17)24(4)14-8-6-5-7-9-14/h14H,5-13H2,1-4H3. The molecule has 1 aliphatic heterocycles. The van der Waals surface area contributed by atoms with Crippen molar-refractivity contribution in [3.05, 3.63) is 5.28 Å². The first-order valence-electron chi connectivity index (χ1n) is 10.1. The van der Waals surface area contributed by atoms with Crippen LogP contribution in [0, 0.1) is 0 Å². The monoisotopic (exact) mass is 410 g/mol. The van der Waals surface area contributed by atoms with Crippen LogP contribution < -0.4 is 9.80 Å². The number of ether oxygens (including phenoxy) is 1. The third-order valence-corrected chi connectivity index (χ3v) is 5.41. The predicted molar refractivity (Wildman–Crippen MR) is 110 cm³/mol. The van der Waals surface area contributed by atoms with Gasteiger partial charge in [-0.2, -0.15) is 15.0 Å². The summed E-state index contributed by atoms with van der Waals surface area (Å²) >= 11 is 6.20. The van der Waals surface area contributed by atoms with Crippen LogP contribution in [0.5, 0.6) is 0 Å². The smallest absolute Gasteiger partial charge is 0.410 e. The Morgan fingerprint density at radius 3 is 2.32 bits per heavy atom. The maximum atomic E-state index is 12.2. The second-order valence-corrected chi connectivity index (χ2v) is 8.90. The molecule has 8 nitrogen and oxygen atoms in total. The molecule has 0 atom stereocenters. The van der Waals surface area contributed by atoms with E-state index in [1.807, 2.05) is 32.7 Å². The molecule has 28 heavy (non-hydrogen) atoms. The molecule has 1 amide bonds. The number of piperazine rings is 1. The van der Waals surface area contributed by atoms with Crippen LogP contribution in [-0.2, 0) is 4.74 Å². The van der Waals surface area contributed by atoms with Crippen molar-refractivity contribution in [2.45, 2.75) is 64.5 Å². The Labute approximate surface area is 172 Å². The molecule has 1 aromatic heterocycles. The van der Waals surface area contributed by atoms with E-state index in [4.69, 9.17) is 16.3 Å². The lowest BCUT2D eigenvalue weighted by atomic mass is 9.95. The molecule has 0 aromatic carbocycles. The first kappa shape index (κ1) is 20.9. The normalized spacial score (nSPS) is 18.9. The van der Waals surface area contributed by atoms with E-state index in [2.05, 4.69) is 19.9 Å². The lowest BCUT2D eigenvalue weighted by Crippen LogP contribution is -2.50. The summed E-state index contributed by atoms with van der Waals surface area (Å²) in [4.78, 5) is 31.5. The Morgan fingerprint density at radius 1 is 1.07 bits per heavy atom. The van der Waals surface area contributed by atoms with Gasteiger partial charge < -0.3 is 19.4 Å². The van der Waals surface area contributed by atoms with E-state index >= 15 is 0 Å². The van der Waals surface area contributed by atoms with Crippen LogP contribution in [0.3, 0.4) is 0 Å². The van der Waals surface area contributed by atoms with Crippen molar-refractivity contribution in [3.63, 3.8) is 0 Å². The highest BCUT2D eigenvalue weighted by molar-refractivity contribution is 6.28. The van der Waals surface area contributed by atoms with Crippen LogP contribution >= 0.6 is 11.6 Å². The van der Waals surface area contributed by atoms with E-state index in [-0.39, 0.29) is 11.4 Å². The summed E-state index contributed by atoms with van der Waals surface area (Å²) in [5, 5.41) is 0.206. The van der Waals surface area contributed by atoms with Gasteiger partial charge in [0.1, 0.15) is 5.60 Å². The number of hydrogen-bond acceptors (Lipinski definition) is 7. The highest BCUT2D eigenvalue weighted by atomic mass is 35.5. The molecule has 9 heteroatoms. The maximum Gasteiger partial charge on any atom is 0.410 e. The first-order valence-corrected chi connectivity index (χ1v) is 10.5. The maximum absolute atomic E-state index is 12.2. The largest absolute Gasteiger partial charge is 0.444 e. The molecule has 0 N–H and O–H groups in total. The zero-order chi connectivity index (χ0) is 20.3. The Bertz CT molecular complexity index is 681. The lowest BCUT2D eigenvalue weighted by molar-refractivity contribution is 0.0240. The third kappa shape index (κ3) is 5.37. The van der Waals surface area contributed by atoms with Crippen molar-refractivity contribution in [1.82, 2.24) is 19.9 Å². The molecule has 2 heterocycles. The topological polar surface area (TPSA) is 74.7 Å². The van der Waals surface area contributed by atoms with Gasteiger partial charge in [0, 0.05) is 39.3 Å². The minimum atomic E-state index is -0.492. The molecule has 0 spiro atoms. The predicted octanol–water partition coefficient (Wildman–Crippen LogP) is 3.35. The number of anilines is 2. The molecular formula is C19H31ClN6O2. The van der Waals surface area contributed by atoms with Gasteiger partial charge in [0.2, 0.25) is 17.2 Å². The van der Waals surface area contributed by atoms with Gasteiger partial charge in [0.05, 0.1) is 0 Å². The molecule has 3 rings (SSSR count). The minimum absolute atomic E-state index is 0.206. The van der Waals surface area contributed by atoms with Crippen molar-refractivity contribution in [2.24, 2.45) is 0 Å². The fourth-order valence-electron chi connectivity index (χ4n) is 3.68. The Kier molecular flexibility index (Phi) is 6.47. The second-order valence-electron chi connectivity index (χ2n) is 8.56. The van der Waals surface area contributed by atoms with E-state index in [0.717, 1.165) is 12.8 Å². The second kappa shape index (κ2) is 8.68. The van der Waals surface area contributed by atoms with Crippen molar-refractivity contribution >= 4 is 29.6 Å². The van der Waals surface area contributed by atoms with E-state index in [1.54, 1.807) is 4.90 Å². The number of nitrogens with zero attached hydrogens (tertiary/aromatic N) is 6. The van der Waals surface area contributed by atoms with Crippen LogP contribution in [0.4, 0.5) is 16.7 Å². The molecule has 156 valence electrons. The zero-order valence-electron chi connectivity index (χ0n) is 17.3. The van der Waals surface area contributed by atoms with Gasteiger partial charge in [-0.1, -0.05) is 19.3 Å². The summed E-state index contributed by atoms with van der Waals surface area (Å²) in [7, 11) is 2.03. The van der Waals surface area contributed by atoms with Crippen molar-refractivity contribution in [1.29, 1.82) is 0 Å². The van der Waals surface area contributed by atoms with Crippen LogP contribution in [0.2, 0.25) is 5.28 Å². The molecule has 1 saturated carbocycles. The molecule has 1 aliphatic carbocycles. The summed E-state index contributed by atoms with van der Waals surface area (Å²) in [6.07, 6.45) is 5.82. The number of halogens is 1. The number of hydrogen-bond donors (Lipinski definition) is 0. The van der Waals surface area contributed by atoms with Gasteiger partial charge in [0.15, 0.2) is 0 Å². The molecule has 0 unspecified atom stereocenters. The van der Waals surface area contributed by atoms with Gasteiger partial charge in [-0.05, 0) is 45.2 Å². The highest BCUT2D eigenvalue weighted by Crippen LogP contribution is 2.26. The molecule has 2 aliphatic rings. The molecular weight excluding hydrogens is 380 g/mol. The fraction of sp³-hybridized carbons (Fsp3) is 0.789. The van der Waals surface area contributed by atoms with Gasteiger partial charge in [0.25, 0.3) is 0 Å². The van der Waals surface area contributed by atoms with Crippen molar-refractivity contribution < 1.29 is 9.53 Å². The Morgan fingerprint density at radius 2 is 1.71 bits per heavy atom. The number of carbonyl (C=O) groups excluding carboxylic acids is 1. The van der Waals surface area contributed by atoms with E-state index < -0.39 is 5.60 Å². The minimum Gasteiger partial charge on any atom is -0.444 e. The van der Waals surface area contributed by atoms with Gasteiger partial charge in [-0.15, -0.1) is 0 Å². The number of aromatic nitrogens is 3. The van der Waals surface area contributed by atoms with Crippen molar-refractivity contribution in [2.75, 3.05) is 43.0 Å². The average molecular weight is 411 g/mol. The Hall–Kier alpha value is -1.83. The lowest BCUT2D eigenvalue weighted by Gasteiger charge is -2.36. The molecule has 1 aromatic rings. The SMILES string of the molecule is CN(c1nc(Cl)nc(N2CCN(C(=O)OC(C)(C)C)CC2)n1)C1CCCCC1. The van der Waals surface area contributed by atoms with Crippen LogP contribution in [0.15, 0.2) is 0 Å². The summed E-state index contributed by atoms with van der Waals surface area (Å²) < 4.78 is 5.45. The molecule has 2 fully saturated rings. The van der Waals surface area contributed by atoms with Gasteiger partial charge >= 0.3 is 6.09 Å². The third-order valence-electron chi connectivity index (χ3n) is 5.24. The quantitative estimate of drug-likeness (QED) is 0.756. The number of amides is 1. The van der Waals surface area contributed by atoms with Gasteiger partial charge in [-0.25, -0.2) is 4.79 Å². The fourth-order valence-corrected chi connectivity index (χ4v) is 3.83. The highest BCUT2D eigenvalue weighted by Gasteiger charge is 2.28.